The molecule has 0 atom stereocenters. The molecule has 0 amide bonds. The molecule has 0 bridgehead atoms. The van der Waals surface area contributed by atoms with Crippen LogP contribution in [0.2, 0.25) is 0 Å². The van der Waals surface area contributed by atoms with E-state index in [0.717, 1.165) is 16.8 Å². The van der Waals surface area contributed by atoms with E-state index in [1.54, 1.807) is 0 Å². The molecule has 2 nitrogen and oxygen atoms in total. The topological polar surface area (TPSA) is 24.4 Å². The van der Waals surface area contributed by atoms with Gasteiger partial charge in [0, 0.05) is 5.56 Å². The highest BCUT2D eigenvalue weighted by Crippen LogP contribution is 2.14. The van der Waals surface area contributed by atoms with E-state index < -0.39 is 0 Å². The fraction of sp³-hybridized carbons (Fsp3) is 0.0714. The molecule has 0 radical (unpaired) electrons. The van der Waals surface area contributed by atoms with Crippen molar-refractivity contribution in [1.82, 2.24) is 0 Å². The average molecular weight is 245 g/mol. The van der Waals surface area contributed by atoms with Gasteiger partial charge in [-0.15, -0.1) is 0 Å². The van der Waals surface area contributed by atoms with E-state index in [2.05, 4.69) is 10.5 Å². The summed E-state index contributed by atoms with van der Waals surface area (Å²) in [5.74, 6) is 0. The molecule has 0 aromatic heterocycles. The van der Waals surface area contributed by atoms with E-state index in [1.165, 1.54) is 0 Å². The van der Waals surface area contributed by atoms with Crippen molar-refractivity contribution in [2.75, 3.05) is 5.43 Å². The van der Waals surface area contributed by atoms with Gasteiger partial charge in [-0.2, -0.15) is 5.10 Å². The third kappa shape index (κ3) is 3.08. The number of halogens is 1. The Labute approximate surface area is 106 Å². The zero-order valence-corrected chi connectivity index (χ0v) is 10.3. The summed E-state index contributed by atoms with van der Waals surface area (Å²) in [6.45, 7) is 2.02. The van der Waals surface area contributed by atoms with E-state index in [0.29, 0.717) is 5.17 Å². The van der Waals surface area contributed by atoms with Crippen LogP contribution in [0.15, 0.2) is 59.7 Å². The molecule has 3 heteroatoms. The zero-order valence-electron chi connectivity index (χ0n) is 9.52. The standard InChI is InChI=1S/C14H13ClN2/c1-11-7-5-6-10-13(11)16-17-14(15)12-8-3-2-4-9-12/h2-10,16H,1H3/b17-14-. The number of hydrogen-bond acceptors (Lipinski definition) is 2. The van der Waals surface area contributed by atoms with Gasteiger partial charge in [0.15, 0.2) is 5.17 Å². The second-order valence-corrected chi connectivity index (χ2v) is 4.05. The Balaban J connectivity index is 2.14. The molecule has 1 N–H and O–H groups in total. The van der Waals surface area contributed by atoms with Crippen LogP contribution in [0.3, 0.4) is 0 Å². The Morgan fingerprint density at radius 1 is 1.00 bits per heavy atom. The summed E-state index contributed by atoms with van der Waals surface area (Å²) in [4.78, 5) is 0. The third-order valence-corrected chi connectivity index (χ3v) is 2.73. The first-order valence-corrected chi connectivity index (χ1v) is 5.75. The van der Waals surface area contributed by atoms with Crippen LogP contribution < -0.4 is 5.43 Å². The van der Waals surface area contributed by atoms with Gasteiger partial charge in [-0.05, 0) is 18.6 Å². The summed E-state index contributed by atoms with van der Waals surface area (Å²) in [6, 6.07) is 17.6. The lowest BCUT2D eigenvalue weighted by molar-refractivity contribution is 1.31. The van der Waals surface area contributed by atoms with Gasteiger partial charge in [0.2, 0.25) is 0 Å². The molecule has 17 heavy (non-hydrogen) atoms. The van der Waals surface area contributed by atoms with Crippen LogP contribution in [0.4, 0.5) is 5.69 Å². The van der Waals surface area contributed by atoms with Gasteiger partial charge < -0.3 is 0 Å². The Hall–Kier alpha value is -1.80. The minimum Gasteiger partial charge on any atom is -0.277 e. The number of benzene rings is 2. The Morgan fingerprint density at radius 3 is 2.35 bits per heavy atom. The van der Waals surface area contributed by atoms with Crippen molar-refractivity contribution in [3.8, 4) is 0 Å². The number of hydrogen-bond donors (Lipinski definition) is 1. The van der Waals surface area contributed by atoms with Crippen molar-refractivity contribution in [3.63, 3.8) is 0 Å². The van der Waals surface area contributed by atoms with E-state index in [-0.39, 0.29) is 0 Å². The molecule has 86 valence electrons. The molecule has 0 heterocycles. The summed E-state index contributed by atoms with van der Waals surface area (Å²) < 4.78 is 0. The number of anilines is 1. The predicted molar refractivity (Wildman–Crippen MR) is 73.6 cm³/mol. The highest BCUT2D eigenvalue weighted by atomic mass is 35.5. The second-order valence-electron chi connectivity index (χ2n) is 3.70. The lowest BCUT2D eigenvalue weighted by Gasteiger charge is -2.04. The molecule has 0 aliphatic rings. The van der Waals surface area contributed by atoms with Gasteiger partial charge in [-0.1, -0.05) is 60.1 Å². The van der Waals surface area contributed by atoms with Gasteiger partial charge in [0.25, 0.3) is 0 Å². The quantitative estimate of drug-likeness (QED) is 0.640. The molecular weight excluding hydrogens is 232 g/mol. The van der Waals surface area contributed by atoms with E-state index in [4.69, 9.17) is 11.6 Å². The largest absolute Gasteiger partial charge is 0.277 e. The molecule has 0 saturated heterocycles. The number of aryl methyl sites for hydroxylation is 1. The fourth-order valence-corrected chi connectivity index (χ4v) is 1.62. The summed E-state index contributed by atoms with van der Waals surface area (Å²) >= 11 is 6.10. The molecule has 0 spiro atoms. The predicted octanol–water partition coefficient (Wildman–Crippen LogP) is 4.01. The van der Waals surface area contributed by atoms with Crippen molar-refractivity contribution >= 4 is 22.5 Å². The van der Waals surface area contributed by atoms with Crippen LogP contribution in [0.25, 0.3) is 0 Å². The van der Waals surface area contributed by atoms with Crippen LogP contribution in [-0.4, -0.2) is 5.17 Å². The fourth-order valence-electron chi connectivity index (χ4n) is 1.45. The second kappa shape index (κ2) is 5.51. The molecule has 0 aliphatic heterocycles. The lowest BCUT2D eigenvalue weighted by atomic mass is 10.2. The first-order valence-electron chi connectivity index (χ1n) is 5.37. The summed E-state index contributed by atoms with van der Waals surface area (Å²) in [7, 11) is 0. The normalized spacial score (nSPS) is 11.3. The first-order chi connectivity index (χ1) is 8.27. The van der Waals surface area contributed by atoms with Crippen molar-refractivity contribution in [2.45, 2.75) is 6.92 Å². The maximum Gasteiger partial charge on any atom is 0.156 e. The van der Waals surface area contributed by atoms with Crippen LogP contribution in [0, 0.1) is 6.92 Å². The molecule has 2 aromatic carbocycles. The zero-order chi connectivity index (χ0) is 12.1. The number of para-hydroxylation sites is 1. The molecule has 0 fully saturated rings. The summed E-state index contributed by atoms with van der Waals surface area (Å²) in [5, 5.41) is 4.61. The minimum atomic E-state index is 0.453. The molecule has 2 aromatic rings. The SMILES string of the molecule is Cc1ccccc1N/N=C(\Cl)c1ccccc1. The smallest absolute Gasteiger partial charge is 0.156 e. The Bertz CT molecular complexity index is 521. The summed E-state index contributed by atoms with van der Waals surface area (Å²) in [5.41, 5.74) is 5.96. The van der Waals surface area contributed by atoms with Crippen molar-refractivity contribution in [3.05, 3.63) is 65.7 Å². The van der Waals surface area contributed by atoms with E-state index >= 15 is 0 Å². The van der Waals surface area contributed by atoms with Gasteiger partial charge in [-0.25, -0.2) is 0 Å². The molecule has 0 saturated carbocycles. The van der Waals surface area contributed by atoms with Gasteiger partial charge in [-0.3, -0.25) is 5.43 Å². The van der Waals surface area contributed by atoms with E-state index in [1.807, 2.05) is 61.5 Å². The van der Waals surface area contributed by atoms with Gasteiger partial charge in [0.05, 0.1) is 5.69 Å². The van der Waals surface area contributed by atoms with Crippen molar-refractivity contribution in [1.29, 1.82) is 0 Å². The highest BCUT2D eigenvalue weighted by molar-refractivity contribution is 6.69. The van der Waals surface area contributed by atoms with Crippen molar-refractivity contribution < 1.29 is 0 Å². The number of nitrogens with zero attached hydrogens (tertiary/aromatic N) is 1. The van der Waals surface area contributed by atoms with Crippen LogP contribution in [0.5, 0.6) is 0 Å². The van der Waals surface area contributed by atoms with Crippen molar-refractivity contribution in [2.24, 2.45) is 5.10 Å². The third-order valence-electron chi connectivity index (χ3n) is 2.43. The lowest BCUT2D eigenvalue weighted by Crippen LogP contribution is -1.97. The van der Waals surface area contributed by atoms with E-state index in [9.17, 15) is 0 Å². The number of nitrogens with one attached hydrogen (secondary N) is 1. The first kappa shape index (κ1) is 11.7. The maximum atomic E-state index is 6.10. The number of rotatable bonds is 3. The van der Waals surface area contributed by atoms with Crippen LogP contribution in [0.1, 0.15) is 11.1 Å². The molecular formula is C14H13ClN2. The van der Waals surface area contributed by atoms with Crippen LogP contribution >= 0.6 is 11.6 Å². The molecule has 0 unspecified atom stereocenters. The highest BCUT2D eigenvalue weighted by Gasteiger charge is 1.99. The van der Waals surface area contributed by atoms with Gasteiger partial charge >= 0.3 is 0 Å². The average Bonchev–Trinajstić information content (AvgIpc) is 2.38. The minimum absolute atomic E-state index is 0.453. The summed E-state index contributed by atoms with van der Waals surface area (Å²) in [6.07, 6.45) is 0. The monoisotopic (exact) mass is 244 g/mol. The Morgan fingerprint density at radius 2 is 1.65 bits per heavy atom. The number of hydrazone groups is 1. The Kier molecular flexibility index (Phi) is 3.78. The molecule has 2 rings (SSSR count). The molecule has 0 aliphatic carbocycles. The van der Waals surface area contributed by atoms with Crippen LogP contribution in [-0.2, 0) is 0 Å². The maximum absolute atomic E-state index is 6.10. The van der Waals surface area contributed by atoms with Gasteiger partial charge in [0.1, 0.15) is 0 Å².